The van der Waals surface area contributed by atoms with E-state index >= 15 is 0 Å². The number of pyridine rings is 1. The molecule has 4 rings (SSSR count). The van der Waals surface area contributed by atoms with Gasteiger partial charge in [0.25, 0.3) is 0 Å². The summed E-state index contributed by atoms with van der Waals surface area (Å²) in [6.07, 6.45) is 4.09. The Bertz CT molecular complexity index is 796. The van der Waals surface area contributed by atoms with Gasteiger partial charge in [-0.15, -0.1) is 0 Å². The molecule has 3 heterocycles. The van der Waals surface area contributed by atoms with Crippen LogP contribution in [0.4, 0.5) is 10.5 Å². The molecule has 0 aliphatic carbocycles. The van der Waals surface area contributed by atoms with Gasteiger partial charge in [0.2, 0.25) is 5.91 Å². The number of likely N-dealkylation sites (tertiary alicyclic amines) is 1. The summed E-state index contributed by atoms with van der Waals surface area (Å²) in [6, 6.07) is 13.2. The van der Waals surface area contributed by atoms with E-state index in [-0.39, 0.29) is 11.8 Å². The maximum absolute atomic E-state index is 13.4. The minimum absolute atomic E-state index is 0.0460. The fourth-order valence-corrected chi connectivity index (χ4v) is 4.21. The van der Waals surface area contributed by atoms with Crippen LogP contribution in [-0.4, -0.2) is 41.5 Å². The number of hydrogen-bond acceptors (Lipinski definition) is 3. The lowest BCUT2D eigenvalue weighted by Gasteiger charge is -2.28. The molecule has 1 aromatic heterocycles. The first kappa shape index (κ1) is 15.6. The van der Waals surface area contributed by atoms with E-state index in [0.29, 0.717) is 26.1 Å². The van der Waals surface area contributed by atoms with Gasteiger partial charge >= 0.3 is 6.03 Å². The Morgan fingerprint density at radius 3 is 2.68 bits per heavy atom. The van der Waals surface area contributed by atoms with Crippen LogP contribution in [0.25, 0.3) is 0 Å². The highest BCUT2D eigenvalue weighted by Crippen LogP contribution is 2.50. The van der Waals surface area contributed by atoms with Crippen LogP contribution in [0.1, 0.15) is 17.9 Å². The van der Waals surface area contributed by atoms with Crippen molar-refractivity contribution < 1.29 is 9.59 Å². The lowest BCUT2D eigenvalue weighted by molar-refractivity contribution is -0.125. The van der Waals surface area contributed by atoms with E-state index in [9.17, 15) is 9.59 Å². The van der Waals surface area contributed by atoms with Crippen molar-refractivity contribution in [1.82, 2.24) is 9.88 Å². The number of nitrogens with two attached hydrogens (primary N) is 1. The highest BCUT2D eigenvalue weighted by Gasteiger charge is 2.58. The molecule has 2 aromatic rings. The van der Waals surface area contributed by atoms with Gasteiger partial charge in [0.05, 0.1) is 17.3 Å². The Hall–Kier alpha value is -2.89. The highest BCUT2D eigenvalue weighted by molar-refractivity contribution is 6.01. The van der Waals surface area contributed by atoms with Crippen molar-refractivity contribution in [3.05, 3.63) is 60.4 Å². The molecule has 6 nitrogen and oxygen atoms in total. The van der Waals surface area contributed by atoms with E-state index in [0.717, 1.165) is 11.3 Å². The number of benzene rings is 1. The van der Waals surface area contributed by atoms with Crippen molar-refractivity contribution in [1.29, 1.82) is 0 Å². The summed E-state index contributed by atoms with van der Waals surface area (Å²) in [5, 5.41) is 0. The largest absolute Gasteiger partial charge is 0.351 e. The number of nitrogens with zero attached hydrogens (tertiary/aromatic N) is 3. The molecule has 128 valence electrons. The van der Waals surface area contributed by atoms with Crippen molar-refractivity contribution >= 4 is 17.6 Å². The van der Waals surface area contributed by atoms with Crippen LogP contribution in [-0.2, 0) is 4.79 Å². The van der Waals surface area contributed by atoms with Crippen LogP contribution in [0.3, 0.4) is 0 Å². The van der Waals surface area contributed by atoms with Gasteiger partial charge in [-0.1, -0.05) is 30.3 Å². The molecular formula is C19H20N4O2. The van der Waals surface area contributed by atoms with Gasteiger partial charge in [0, 0.05) is 31.7 Å². The summed E-state index contributed by atoms with van der Waals surface area (Å²) < 4.78 is 0. The van der Waals surface area contributed by atoms with Crippen molar-refractivity contribution in [3.63, 3.8) is 0 Å². The van der Waals surface area contributed by atoms with Crippen LogP contribution in [0.5, 0.6) is 0 Å². The molecule has 0 saturated carbocycles. The summed E-state index contributed by atoms with van der Waals surface area (Å²) in [5.41, 5.74) is 6.79. The number of hydrogen-bond donors (Lipinski definition) is 1. The van der Waals surface area contributed by atoms with E-state index in [2.05, 4.69) is 4.98 Å². The number of carbonyl (C=O) groups is 2. The van der Waals surface area contributed by atoms with E-state index < -0.39 is 11.4 Å². The average molecular weight is 336 g/mol. The molecule has 0 bridgehead atoms. The molecule has 2 saturated heterocycles. The van der Waals surface area contributed by atoms with Gasteiger partial charge in [-0.3, -0.25) is 9.78 Å². The molecule has 2 aliphatic heterocycles. The standard InChI is InChI=1S/C19H20N4O2/c20-18(25)22-12-16(14-5-2-1-3-6-14)19(13-22)8-10-23(17(19)24)15-7-4-9-21-11-15/h1-7,9,11,16H,8,10,12-13H2,(H2,20,25)/t16-,19+/m0/s1. The van der Waals surface area contributed by atoms with Crippen LogP contribution in [0.2, 0.25) is 0 Å². The van der Waals surface area contributed by atoms with Gasteiger partial charge in [0.1, 0.15) is 0 Å². The minimum Gasteiger partial charge on any atom is -0.351 e. The maximum Gasteiger partial charge on any atom is 0.314 e. The zero-order valence-electron chi connectivity index (χ0n) is 13.8. The molecule has 6 heteroatoms. The Labute approximate surface area is 146 Å². The third kappa shape index (κ3) is 2.45. The molecule has 0 unspecified atom stereocenters. The molecule has 25 heavy (non-hydrogen) atoms. The average Bonchev–Trinajstić information content (AvgIpc) is 3.19. The van der Waals surface area contributed by atoms with Crippen molar-refractivity contribution in [3.8, 4) is 0 Å². The third-order valence-electron chi connectivity index (χ3n) is 5.47. The second kappa shape index (κ2) is 5.88. The number of aromatic nitrogens is 1. The van der Waals surface area contributed by atoms with Crippen molar-refractivity contribution in [2.45, 2.75) is 12.3 Å². The predicted molar refractivity (Wildman–Crippen MR) is 94.0 cm³/mol. The number of amides is 3. The Kier molecular flexibility index (Phi) is 3.67. The summed E-state index contributed by atoms with van der Waals surface area (Å²) in [4.78, 5) is 32.7. The zero-order chi connectivity index (χ0) is 17.4. The first-order chi connectivity index (χ1) is 12.1. The first-order valence-corrected chi connectivity index (χ1v) is 8.43. The second-order valence-electron chi connectivity index (χ2n) is 6.76. The van der Waals surface area contributed by atoms with E-state index in [1.165, 1.54) is 0 Å². The molecule has 1 spiro atoms. The fraction of sp³-hybridized carbons (Fsp3) is 0.316. The predicted octanol–water partition coefficient (Wildman–Crippen LogP) is 1.98. The molecule has 3 amide bonds. The maximum atomic E-state index is 13.4. The van der Waals surface area contributed by atoms with Gasteiger partial charge < -0.3 is 15.5 Å². The zero-order valence-corrected chi connectivity index (χ0v) is 13.8. The molecular weight excluding hydrogens is 316 g/mol. The highest BCUT2D eigenvalue weighted by atomic mass is 16.2. The normalized spacial score (nSPS) is 25.8. The minimum atomic E-state index is -0.619. The van der Waals surface area contributed by atoms with Crippen molar-refractivity contribution in [2.75, 3.05) is 24.5 Å². The molecule has 1 aromatic carbocycles. The third-order valence-corrected chi connectivity index (χ3v) is 5.47. The van der Waals surface area contributed by atoms with E-state index in [4.69, 9.17) is 5.73 Å². The van der Waals surface area contributed by atoms with Crippen LogP contribution in [0.15, 0.2) is 54.9 Å². The molecule has 0 radical (unpaired) electrons. The van der Waals surface area contributed by atoms with Gasteiger partial charge in [-0.05, 0) is 24.1 Å². The van der Waals surface area contributed by atoms with E-state index in [1.807, 2.05) is 42.5 Å². The van der Waals surface area contributed by atoms with Crippen LogP contribution in [0, 0.1) is 5.41 Å². The number of carbonyl (C=O) groups excluding carboxylic acids is 2. The van der Waals surface area contributed by atoms with E-state index in [1.54, 1.807) is 22.2 Å². The van der Waals surface area contributed by atoms with Gasteiger partial charge in [-0.2, -0.15) is 0 Å². The summed E-state index contributed by atoms with van der Waals surface area (Å²) in [5.74, 6) is 0.00785. The SMILES string of the molecule is NC(=O)N1C[C@@H](c2ccccc2)[C@@]2(CCN(c3cccnc3)C2=O)C1. The topological polar surface area (TPSA) is 79.5 Å². The fourth-order valence-electron chi connectivity index (χ4n) is 4.21. The van der Waals surface area contributed by atoms with Crippen LogP contribution >= 0.6 is 0 Å². The summed E-state index contributed by atoms with van der Waals surface area (Å²) >= 11 is 0. The molecule has 2 fully saturated rings. The molecule has 2 atom stereocenters. The first-order valence-electron chi connectivity index (χ1n) is 8.43. The summed E-state index contributed by atoms with van der Waals surface area (Å²) in [6.45, 7) is 1.48. The second-order valence-corrected chi connectivity index (χ2v) is 6.76. The van der Waals surface area contributed by atoms with Gasteiger partial charge in [-0.25, -0.2) is 4.79 Å². The Balaban J connectivity index is 1.73. The lowest BCUT2D eigenvalue weighted by Crippen LogP contribution is -2.41. The monoisotopic (exact) mass is 336 g/mol. The number of anilines is 1. The lowest BCUT2D eigenvalue weighted by atomic mass is 9.73. The molecule has 2 aliphatic rings. The van der Waals surface area contributed by atoms with Gasteiger partial charge in [0.15, 0.2) is 0 Å². The Morgan fingerprint density at radius 1 is 1.20 bits per heavy atom. The summed E-state index contributed by atoms with van der Waals surface area (Å²) in [7, 11) is 0. The number of urea groups is 1. The number of rotatable bonds is 2. The quantitative estimate of drug-likeness (QED) is 0.911. The Morgan fingerprint density at radius 2 is 2.00 bits per heavy atom. The number of primary amides is 1. The van der Waals surface area contributed by atoms with Crippen LogP contribution < -0.4 is 10.6 Å². The smallest absolute Gasteiger partial charge is 0.314 e. The molecule has 2 N–H and O–H groups in total. The van der Waals surface area contributed by atoms with Crippen molar-refractivity contribution in [2.24, 2.45) is 11.1 Å².